The second kappa shape index (κ2) is 37.3. The molecule has 10 heteroatoms. The SMILES string of the molecule is CCCCCC/C=C\CCCCCCCC(=O)O[C@H](COC(=O)CCCCCCCCCCCCCCCCCCC)COP(=O)(O)OCC[N+](C)(C)C. The zero-order chi connectivity index (χ0) is 40.0. The predicted octanol–water partition coefficient (Wildman–Crippen LogP) is 12.6. The molecule has 0 aliphatic carbocycles. The zero-order valence-corrected chi connectivity index (χ0v) is 36.9. The van der Waals surface area contributed by atoms with Crippen LogP contribution in [0.15, 0.2) is 12.2 Å². The van der Waals surface area contributed by atoms with Gasteiger partial charge in [0.1, 0.15) is 19.8 Å². The number of quaternary nitrogens is 1. The summed E-state index contributed by atoms with van der Waals surface area (Å²) in [6.07, 6.45) is 38.2. The molecule has 0 saturated heterocycles. The van der Waals surface area contributed by atoms with Crippen LogP contribution in [0.4, 0.5) is 0 Å². The number of ether oxygens (including phenoxy) is 2. The van der Waals surface area contributed by atoms with Crippen LogP contribution in [0.5, 0.6) is 0 Å². The highest BCUT2D eigenvalue weighted by atomic mass is 31.2. The minimum Gasteiger partial charge on any atom is -0.462 e. The summed E-state index contributed by atoms with van der Waals surface area (Å²) in [5.74, 6) is -0.799. The number of carbonyl (C=O) groups is 2. The first-order valence-corrected chi connectivity index (χ1v) is 23.9. The lowest BCUT2D eigenvalue weighted by Crippen LogP contribution is -2.37. The van der Waals surface area contributed by atoms with Gasteiger partial charge in [-0.2, -0.15) is 0 Å². The van der Waals surface area contributed by atoms with Gasteiger partial charge in [0.25, 0.3) is 0 Å². The van der Waals surface area contributed by atoms with Gasteiger partial charge in [0.2, 0.25) is 0 Å². The van der Waals surface area contributed by atoms with E-state index in [0.29, 0.717) is 23.9 Å². The fourth-order valence-electron chi connectivity index (χ4n) is 6.24. The molecule has 0 heterocycles. The van der Waals surface area contributed by atoms with Crippen molar-refractivity contribution < 1.29 is 42.1 Å². The minimum atomic E-state index is -4.37. The Labute approximate surface area is 333 Å². The summed E-state index contributed by atoms with van der Waals surface area (Å²) in [6.45, 7) is 4.42. The molecule has 9 nitrogen and oxygen atoms in total. The average molecular weight is 789 g/mol. The van der Waals surface area contributed by atoms with Crippen LogP contribution in [0.3, 0.4) is 0 Å². The molecule has 1 unspecified atom stereocenters. The Hall–Kier alpha value is -1.25. The number of hydrogen-bond acceptors (Lipinski definition) is 7. The molecule has 0 aliphatic heterocycles. The van der Waals surface area contributed by atoms with E-state index < -0.39 is 26.5 Å². The van der Waals surface area contributed by atoms with Gasteiger partial charge in [0.05, 0.1) is 27.7 Å². The van der Waals surface area contributed by atoms with E-state index in [1.54, 1.807) is 0 Å². The van der Waals surface area contributed by atoms with Crippen molar-refractivity contribution in [3.05, 3.63) is 12.2 Å². The molecule has 0 radical (unpaired) electrons. The van der Waals surface area contributed by atoms with Crippen molar-refractivity contribution in [1.29, 1.82) is 0 Å². The van der Waals surface area contributed by atoms with Crippen molar-refractivity contribution in [3.8, 4) is 0 Å². The lowest BCUT2D eigenvalue weighted by molar-refractivity contribution is -0.870. The molecule has 2 atom stereocenters. The van der Waals surface area contributed by atoms with Gasteiger partial charge in [-0.05, 0) is 38.5 Å². The van der Waals surface area contributed by atoms with Crippen LogP contribution in [0.25, 0.3) is 0 Å². The Morgan fingerprint density at radius 3 is 1.39 bits per heavy atom. The second-order valence-electron chi connectivity index (χ2n) is 16.4. The highest BCUT2D eigenvalue weighted by Gasteiger charge is 2.27. The molecule has 0 aromatic heterocycles. The third-order valence-corrected chi connectivity index (χ3v) is 10.8. The minimum absolute atomic E-state index is 0.0331. The van der Waals surface area contributed by atoms with Gasteiger partial charge in [0.15, 0.2) is 6.10 Å². The fourth-order valence-corrected chi connectivity index (χ4v) is 6.99. The van der Waals surface area contributed by atoms with Gasteiger partial charge in [-0.3, -0.25) is 18.6 Å². The zero-order valence-electron chi connectivity index (χ0n) is 36.0. The van der Waals surface area contributed by atoms with Gasteiger partial charge in [-0.1, -0.05) is 167 Å². The van der Waals surface area contributed by atoms with Crippen LogP contribution in [-0.2, 0) is 32.7 Å². The van der Waals surface area contributed by atoms with Gasteiger partial charge in [-0.15, -0.1) is 0 Å². The van der Waals surface area contributed by atoms with Gasteiger partial charge < -0.3 is 18.9 Å². The molecule has 0 saturated carbocycles. The van der Waals surface area contributed by atoms with E-state index in [9.17, 15) is 19.0 Å². The molecule has 0 aromatic rings. The van der Waals surface area contributed by atoms with E-state index in [0.717, 1.165) is 51.4 Å². The third kappa shape index (κ3) is 40.4. The maximum atomic E-state index is 12.7. The Morgan fingerprint density at radius 1 is 0.556 bits per heavy atom. The summed E-state index contributed by atoms with van der Waals surface area (Å²) < 4.78 is 34.3. The third-order valence-electron chi connectivity index (χ3n) is 9.80. The number of hydrogen-bond donors (Lipinski definition) is 1. The molecule has 0 fully saturated rings. The second-order valence-corrected chi connectivity index (χ2v) is 17.9. The summed E-state index contributed by atoms with van der Waals surface area (Å²) in [4.78, 5) is 35.3. The Balaban J connectivity index is 4.31. The highest BCUT2D eigenvalue weighted by Crippen LogP contribution is 2.43. The molecule has 0 bridgehead atoms. The largest absolute Gasteiger partial charge is 0.472 e. The quantitative estimate of drug-likeness (QED) is 0.0214. The molecule has 0 rings (SSSR count). The van der Waals surface area contributed by atoms with E-state index >= 15 is 0 Å². The smallest absolute Gasteiger partial charge is 0.462 e. The standard InChI is InChI=1S/C44H86NO8P/c1-6-8-10-12-14-16-18-20-21-22-23-25-26-28-30-32-34-36-43(46)50-40-42(41-52-54(48,49)51-39-38-45(3,4)5)53-44(47)37-35-33-31-29-27-24-19-17-15-13-11-9-7-2/h17,19,42H,6-16,18,20-41H2,1-5H3/p+1/b19-17-/t42-/m1/s1. The van der Waals surface area contributed by atoms with E-state index in [4.69, 9.17) is 18.5 Å². The number of phosphoric acid groups is 1. The number of nitrogens with zero attached hydrogens (tertiary/aromatic N) is 1. The van der Waals surface area contributed by atoms with Crippen LogP contribution in [-0.4, -0.2) is 74.9 Å². The van der Waals surface area contributed by atoms with Crippen molar-refractivity contribution in [2.24, 2.45) is 0 Å². The molecule has 0 spiro atoms. The number of esters is 2. The number of phosphoric ester groups is 1. The van der Waals surface area contributed by atoms with Gasteiger partial charge in [-0.25, -0.2) is 4.57 Å². The topological polar surface area (TPSA) is 108 Å². The number of rotatable bonds is 41. The first-order chi connectivity index (χ1) is 26.0. The maximum absolute atomic E-state index is 12.7. The number of unbranched alkanes of at least 4 members (excludes halogenated alkanes) is 25. The van der Waals surface area contributed by atoms with Gasteiger partial charge >= 0.3 is 19.8 Å². The van der Waals surface area contributed by atoms with Crippen LogP contribution in [0, 0.1) is 0 Å². The van der Waals surface area contributed by atoms with Crippen molar-refractivity contribution in [2.45, 2.75) is 213 Å². The summed E-state index contributed by atoms with van der Waals surface area (Å²) in [5.41, 5.74) is 0. The molecule has 54 heavy (non-hydrogen) atoms. The summed E-state index contributed by atoms with van der Waals surface area (Å²) in [5, 5.41) is 0. The van der Waals surface area contributed by atoms with E-state index in [2.05, 4.69) is 26.0 Å². The molecule has 0 amide bonds. The Bertz CT molecular complexity index is 938. The Morgan fingerprint density at radius 2 is 0.944 bits per heavy atom. The summed E-state index contributed by atoms with van der Waals surface area (Å²) in [6, 6.07) is 0. The molecular formula is C44H87NO8P+. The fraction of sp³-hybridized carbons (Fsp3) is 0.909. The Kier molecular flexibility index (Phi) is 36.5. The van der Waals surface area contributed by atoms with E-state index in [-0.39, 0.29) is 25.6 Å². The number of carbonyl (C=O) groups excluding carboxylic acids is 2. The molecule has 0 aliphatic rings. The number of likely N-dealkylation sites (N-methyl/N-ethyl adjacent to an activating group) is 1. The van der Waals surface area contributed by atoms with Crippen LogP contribution in [0.2, 0.25) is 0 Å². The molecular weight excluding hydrogens is 701 g/mol. The molecule has 320 valence electrons. The average Bonchev–Trinajstić information content (AvgIpc) is 3.12. The van der Waals surface area contributed by atoms with Crippen molar-refractivity contribution >= 4 is 19.8 Å². The maximum Gasteiger partial charge on any atom is 0.472 e. The van der Waals surface area contributed by atoms with E-state index in [1.165, 1.54) is 122 Å². The molecule has 1 N–H and O–H groups in total. The lowest BCUT2D eigenvalue weighted by atomic mass is 10.0. The van der Waals surface area contributed by atoms with E-state index in [1.807, 2.05) is 21.1 Å². The summed E-state index contributed by atoms with van der Waals surface area (Å²) >= 11 is 0. The summed E-state index contributed by atoms with van der Waals surface area (Å²) in [7, 11) is 1.48. The first-order valence-electron chi connectivity index (χ1n) is 22.4. The van der Waals surface area contributed by atoms with Crippen LogP contribution >= 0.6 is 7.82 Å². The van der Waals surface area contributed by atoms with Crippen molar-refractivity contribution in [2.75, 3.05) is 47.5 Å². The highest BCUT2D eigenvalue weighted by molar-refractivity contribution is 7.47. The lowest BCUT2D eigenvalue weighted by Gasteiger charge is -2.24. The molecule has 0 aromatic carbocycles. The van der Waals surface area contributed by atoms with Gasteiger partial charge in [0, 0.05) is 12.8 Å². The van der Waals surface area contributed by atoms with Crippen LogP contribution < -0.4 is 0 Å². The number of allylic oxidation sites excluding steroid dienone is 2. The van der Waals surface area contributed by atoms with Crippen molar-refractivity contribution in [1.82, 2.24) is 0 Å². The van der Waals surface area contributed by atoms with Crippen molar-refractivity contribution in [3.63, 3.8) is 0 Å². The first kappa shape index (κ1) is 52.8. The normalized spacial score (nSPS) is 13.7. The van der Waals surface area contributed by atoms with Crippen LogP contribution in [0.1, 0.15) is 206 Å². The predicted molar refractivity (Wildman–Crippen MR) is 224 cm³/mol. The monoisotopic (exact) mass is 789 g/mol.